The first-order chi connectivity index (χ1) is 9.63. The average molecular weight is 270 g/mol. The largest absolute Gasteiger partial charge is 0.477 e. The summed E-state index contributed by atoms with van der Waals surface area (Å²) in [6.07, 6.45) is 1.95. The fraction of sp³-hybridized carbons (Fsp3) is 0.200. The predicted octanol–water partition coefficient (Wildman–Crippen LogP) is 1.19. The van der Waals surface area contributed by atoms with Crippen molar-refractivity contribution in [2.75, 3.05) is 13.6 Å². The number of pyridine rings is 1. The van der Waals surface area contributed by atoms with Crippen molar-refractivity contribution in [3.05, 3.63) is 45.7 Å². The Hall–Kier alpha value is -2.58. The second kappa shape index (κ2) is 6.04. The number of hydrogen-bond donors (Lipinski definition) is 3. The van der Waals surface area contributed by atoms with Crippen molar-refractivity contribution in [1.29, 1.82) is 0 Å². The van der Waals surface area contributed by atoms with Crippen molar-refractivity contribution in [2.24, 2.45) is 0 Å². The molecule has 0 radical (unpaired) electrons. The van der Waals surface area contributed by atoms with Crippen LogP contribution in [0.5, 0.6) is 0 Å². The molecule has 0 spiro atoms. The summed E-state index contributed by atoms with van der Waals surface area (Å²) in [6.45, 7) is 0.819. The molecular formula is C15H14N2O3. The van der Waals surface area contributed by atoms with Crippen LogP contribution in [-0.2, 0) is 0 Å². The van der Waals surface area contributed by atoms with Gasteiger partial charge in [0, 0.05) is 30.1 Å². The number of H-pyrrole nitrogens is 1. The summed E-state index contributed by atoms with van der Waals surface area (Å²) >= 11 is 0. The van der Waals surface area contributed by atoms with Gasteiger partial charge in [0.05, 0.1) is 5.52 Å². The molecule has 0 fully saturated rings. The van der Waals surface area contributed by atoms with E-state index < -0.39 is 11.4 Å². The molecule has 1 heterocycles. The molecule has 5 nitrogen and oxygen atoms in total. The zero-order valence-electron chi connectivity index (χ0n) is 11.0. The van der Waals surface area contributed by atoms with Crippen LogP contribution in [0.2, 0.25) is 0 Å². The molecule has 2 rings (SSSR count). The molecule has 0 aliphatic carbocycles. The highest BCUT2D eigenvalue weighted by molar-refractivity contribution is 5.92. The fourth-order valence-electron chi connectivity index (χ4n) is 1.81. The summed E-state index contributed by atoms with van der Waals surface area (Å²) in [4.78, 5) is 25.6. The molecule has 2 aromatic rings. The first kappa shape index (κ1) is 13.8. The van der Waals surface area contributed by atoms with Gasteiger partial charge in [-0.3, -0.25) is 4.79 Å². The van der Waals surface area contributed by atoms with Gasteiger partial charge in [-0.15, -0.1) is 0 Å². The van der Waals surface area contributed by atoms with E-state index in [0.29, 0.717) is 10.9 Å². The molecule has 1 aromatic heterocycles. The van der Waals surface area contributed by atoms with Crippen LogP contribution in [-0.4, -0.2) is 29.7 Å². The molecule has 102 valence electrons. The topological polar surface area (TPSA) is 82.2 Å². The first-order valence-electron chi connectivity index (χ1n) is 6.15. The third kappa shape index (κ3) is 2.87. The Morgan fingerprint density at radius 3 is 2.95 bits per heavy atom. The number of benzene rings is 1. The lowest BCUT2D eigenvalue weighted by Crippen LogP contribution is -2.15. The van der Waals surface area contributed by atoms with Crippen molar-refractivity contribution in [3.63, 3.8) is 0 Å². The number of fused-ring (bicyclic) bond motifs is 1. The van der Waals surface area contributed by atoms with Gasteiger partial charge in [-0.25, -0.2) is 4.79 Å². The molecule has 0 saturated carbocycles. The molecule has 0 bridgehead atoms. The van der Waals surface area contributed by atoms with E-state index in [1.165, 1.54) is 6.20 Å². The minimum atomic E-state index is -1.23. The summed E-state index contributed by atoms with van der Waals surface area (Å²) in [7, 11) is 1.86. The Bertz CT molecular complexity index is 766. The lowest BCUT2D eigenvalue weighted by molar-refractivity contribution is 0.0695. The summed E-state index contributed by atoms with van der Waals surface area (Å²) in [5.74, 6) is 4.78. The predicted molar refractivity (Wildman–Crippen MR) is 76.9 cm³/mol. The number of carbonyl (C=O) groups is 1. The standard InChI is InChI=1S/C15H14N2O3/c1-16-7-3-2-4-10-5-6-11-13(8-10)17-9-12(14(11)18)15(19)20/h5-6,8-9,16H,3,7H2,1H3,(H,17,18)(H,19,20). The molecule has 0 atom stereocenters. The number of rotatable bonds is 3. The molecule has 0 unspecified atom stereocenters. The van der Waals surface area contributed by atoms with Gasteiger partial charge >= 0.3 is 5.97 Å². The average Bonchev–Trinajstić information content (AvgIpc) is 2.43. The number of aromatic nitrogens is 1. The SMILES string of the molecule is CNCCC#Cc1ccc2c(=O)c(C(=O)O)c[nH]c2c1. The number of nitrogens with one attached hydrogen (secondary N) is 2. The number of aromatic carboxylic acids is 1. The van der Waals surface area contributed by atoms with Gasteiger partial charge < -0.3 is 15.4 Å². The molecule has 5 heteroatoms. The first-order valence-corrected chi connectivity index (χ1v) is 6.15. The molecule has 0 aliphatic rings. The van der Waals surface area contributed by atoms with Crippen LogP contribution in [0.1, 0.15) is 22.3 Å². The van der Waals surface area contributed by atoms with Crippen LogP contribution in [0, 0.1) is 11.8 Å². The minimum absolute atomic E-state index is 0.259. The third-order valence-corrected chi connectivity index (χ3v) is 2.84. The van der Waals surface area contributed by atoms with E-state index in [0.717, 1.165) is 18.5 Å². The number of hydrogen-bond acceptors (Lipinski definition) is 3. The normalized spacial score (nSPS) is 10.1. The van der Waals surface area contributed by atoms with Crippen molar-refractivity contribution < 1.29 is 9.90 Å². The summed E-state index contributed by atoms with van der Waals surface area (Å²) < 4.78 is 0. The number of aromatic amines is 1. The molecule has 20 heavy (non-hydrogen) atoms. The second-order valence-corrected chi connectivity index (χ2v) is 4.25. The Morgan fingerprint density at radius 2 is 2.25 bits per heavy atom. The Morgan fingerprint density at radius 1 is 1.45 bits per heavy atom. The molecule has 1 aromatic carbocycles. The summed E-state index contributed by atoms with van der Waals surface area (Å²) in [5.41, 5.74) is 0.624. The van der Waals surface area contributed by atoms with Crippen molar-refractivity contribution >= 4 is 16.9 Å². The Labute approximate surface area is 115 Å². The lowest BCUT2D eigenvalue weighted by Gasteiger charge is -2.00. The van der Waals surface area contributed by atoms with E-state index in [-0.39, 0.29) is 5.56 Å². The van der Waals surface area contributed by atoms with Crippen molar-refractivity contribution in [2.45, 2.75) is 6.42 Å². The van der Waals surface area contributed by atoms with Gasteiger partial charge in [-0.1, -0.05) is 11.8 Å². The van der Waals surface area contributed by atoms with Gasteiger partial charge in [-0.05, 0) is 25.2 Å². The maximum atomic E-state index is 11.9. The van der Waals surface area contributed by atoms with E-state index in [9.17, 15) is 9.59 Å². The number of carboxylic acids is 1. The summed E-state index contributed by atoms with van der Waals surface area (Å²) in [6, 6.07) is 5.06. The lowest BCUT2D eigenvalue weighted by atomic mass is 10.1. The van der Waals surface area contributed by atoms with Crippen LogP contribution < -0.4 is 10.7 Å². The second-order valence-electron chi connectivity index (χ2n) is 4.25. The van der Waals surface area contributed by atoms with Gasteiger partial charge in [0.15, 0.2) is 0 Å². The van der Waals surface area contributed by atoms with E-state index >= 15 is 0 Å². The highest BCUT2D eigenvalue weighted by Gasteiger charge is 2.11. The zero-order chi connectivity index (χ0) is 14.5. The zero-order valence-corrected chi connectivity index (χ0v) is 11.0. The number of carboxylic acid groups (broad SMARTS) is 1. The van der Waals surface area contributed by atoms with Crippen LogP contribution in [0.15, 0.2) is 29.2 Å². The van der Waals surface area contributed by atoms with E-state index in [1.54, 1.807) is 18.2 Å². The van der Waals surface area contributed by atoms with E-state index in [4.69, 9.17) is 5.11 Å². The van der Waals surface area contributed by atoms with Gasteiger partial charge in [0.2, 0.25) is 5.43 Å². The summed E-state index contributed by atoms with van der Waals surface area (Å²) in [5, 5.41) is 12.3. The maximum absolute atomic E-state index is 11.9. The van der Waals surface area contributed by atoms with Crippen molar-refractivity contribution in [3.8, 4) is 11.8 Å². The minimum Gasteiger partial charge on any atom is -0.477 e. The Kier molecular flexibility index (Phi) is 4.18. The smallest absolute Gasteiger partial charge is 0.341 e. The molecule has 0 amide bonds. The van der Waals surface area contributed by atoms with Gasteiger partial charge in [-0.2, -0.15) is 0 Å². The molecule has 3 N–H and O–H groups in total. The van der Waals surface area contributed by atoms with Gasteiger partial charge in [0.1, 0.15) is 5.56 Å². The van der Waals surface area contributed by atoms with Gasteiger partial charge in [0.25, 0.3) is 0 Å². The monoisotopic (exact) mass is 270 g/mol. The molecule has 0 aliphatic heterocycles. The van der Waals surface area contributed by atoms with Crippen LogP contribution in [0.4, 0.5) is 0 Å². The van der Waals surface area contributed by atoms with E-state index in [1.807, 2.05) is 7.05 Å². The maximum Gasteiger partial charge on any atom is 0.341 e. The highest BCUT2D eigenvalue weighted by Crippen LogP contribution is 2.10. The third-order valence-electron chi connectivity index (χ3n) is 2.84. The molecular weight excluding hydrogens is 256 g/mol. The molecule has 0 saturated heterocycles. The van der Waals surface area contributed by atoms with Crippen molar-refractivity contribution in [1.82, 2.24) is 10.3 Å². The quantitative estimate of drug-likeness (QED) is 0.578. The highest BCUT2D eigenvalue weighted by atomic mass is 16.4. The fourth-order valence-corrected chi connectivity index (χ4v) is 1.81. The van der Waals surface area contributed by atoms with Crippen LogP contribution in [0.25, 0.3) is 10.9 Å². The van der Waals surface area contributed by atoms with E-state index in [2.05, 4.69) is 22.1 Å². The van der Waals surface area contributed by atoms with Crippen LogP contribution in [0.3, 0.4) is 0 Å². The Balaban J connectivity index is 2.41. The van der Waals surface area contributed by atoms with Crippen LogP contribution >= 0.6 is 0 Å².